The minimum Gasteiger partial charge on any atom is -0.507 e. The monoisotopic (exact) mass is 281 g/mol. The predicted octanol–water partition coefficient (Wildman–Crippen LogP) is 3.43. The first kappa shape index (κ1) is 13.3. The normalized spacial score (nSPS) is 10.8. The van der Waals surface area contributed by atoms with Gasteiger partial charge in [0.05, 0.1) is 5.56 Å². The van der Waals surface area contributed by atoms with Crippen LogP contribution in [0.3, 0.4) is 0 Å². The van der Waals surface area contributed by atoms with Gasteiger partial charge in [-0.1, -0.05) is 23.4 Å². The van der Waals surface area contributed by atoms with Crippen molar-refractivity contribution in [3.05, 3.63) is 47.2 Å². The fourth-order valence-electron chi connectivity index (χ4n) is 2.21. The van der Waals surface area contributed by atoms with Gasteiger partial charge in [-0.05, 0) is 43.5 Å². The van der Waals surface area contributed by atoms with Crippen LogP contribution in [0.1, 0.15) is 16.7 Å². The molecule has 0 saturated heterocycles. The van der Waals surface area contributed by atoms with Crippen molar-refractivity contribution in [2.24, 2.45) is 0 Å². The van der Waals surface area contributed by atoms with Crippen LogP contribution in [0.15, 0.2) is 35.0 Å². The first-order valence-electron chi connectivity index (χ1n) is 6.62. The molecule has 21 heavy (non-hydrogen) atoms. The highest BCUT2D eigenvalue weighted by atomic mass is 16.5. The van der Waals surface area contributed by atoms with Crippen molar-refractivity contribution < 1.29 is 9.63 Å². The van der Waals surface area contributed by atoms with E-state index in [0.29, 0.717) is 17.1 Å². The summed E-state index contributed by atoms with van der Waals surface area (Å²) in [7, 11) is 0. The summed E-state index contributed by atoms with van der Waals surface area (Å²) in [5.41, 5.74) is 4.03. The molecule has 2 aromatic heterocycles. The van der Waals surface area contributed by atoms with Crippen LogP contribution >= 0.6 is 0 Å². The molecule has 3 rings (SSSR count). The van der Waals surface area contributed by atoms with Gasteiger partial charge in [-0.2, -0.15) is 4.98 Å². The molecule has 3 aromatic rings. The molecule has 0 fully saturated rings. The number of pyridine rings is 1. The van der Waals surface area contributed by atoms with Crippen LogP contribution in [0.25, 0.3) is 23.0 Å². The third-order valence-corrected chi connectivity index (χ3v) is 3.32. The number of aryl methyl sites for hydroxylation is 3. The molecule has 106 valence electrons. The van der Waals surface area contributed by atoms with Crippen molar-refractivity contribution in [2.75, 3.05) is 0 Å². The molecular formula is C16H15N3O2. The first-order valence-corrected chi connectivity index (χ1v) is 6.62. The van der Waals surface area contributed by atoms with Gasteiger partial charge >= 0.3 is 0 Å². The average Bonchev–Trinajstić information content (AvgIpc) is 2.91. The maximum Gasteiger partial charge on any atom is 0.262 e. The van der Waals surface area contributed by atoms with E-state index in [2.05, 4.69) is 15.1 Å². The van der Waals surface area contributed by atoms with Crippen molar-refractivity contribution in [3.63, 3.8) is 0 Å². The molecular weight excluding hydrogens is 266 g/mol. The molecule has 0 atom stereocenters. The summed E-state index contributed by atoms with van der Waals surface area (Å²) in [5.74, 6) is 0.859. The lowest BCUT2D eigenvalue weighted by Gasteiger charge is -2.02. The van der Waals surface area contributed by atoms with Crippen LogP contribution < -0.4 is 0 Å². The number of para-hydroxylation sites is 1. The Labute approximate surface area is 122 Å². The number of rotatable bonds is 2. The smallest absolute Gasteiger partial charge is 0.262 e. The van der Waals surface area contributed by atoms with Gasteiger partial charge < -0.3 is 9.63 Å². The van der Waals surface area contributed by atoms with Crippen LogP contribution in [0.2, 0.25) is 0 Å². The number of benzene rings is 1. The van der Waals surface area contributed by atoms with Crippen LogP contribution in [0.5, 0.6) is 5.75 Å². The summed E-state index contributed by atoms with van der Waals surface area (Å²) < 4.78 is 5.27. The van der Waals surface area contributed by atoms with Gasteiger partial charge in [0.2, 0.25) is 5.82 Å². The molecule has 5 nitrogen and oxygen atoms in total. The fourth-order valence-corrected chi connectivity index (χ4v) is 2.21. The zero-order valence-electron chi connectivity index (χ0n) is 12.1. The molecule has 5 heteroatoms. The lowest BCUT2D eigenvalue weighted by atomic mass is 10.1. The zero-order chi connectivity index (χ0) is 15.0. The van der Waals surface area contributed by atoms with Crippen LogP contribution in [0.4, 0.5) is 0 Å². The number of phenolic OH excluding ortho intramolecular Hbond substituents is 1. The van der Waals surface area contributed by atoms with E-state index in [1.165, 1.54) is 0 Å². The number of phenols is 1. The highest BCUT2D eigenvalue weighted by molar-refractivity contribution is 5.66. The van der Waals surface area contributed by atoms with E-state index in [0.717, 1.165) is 16.7 Å². The number of hydrogen-bond donors (Lipinski definition) is 1. The van der Waals surface area contributed by atoms with E-state index in [4.69, 9.17) is 4.52 Å². The molecule has 0 aliphatic heterocycles. The molecule has 0 radical (unpaired) electrons. The number of aromatic hydroxyl groups is 1. The third kappa shape index (κ3) is 2.38. The Balaban J connectivity index is 2.06. The predicted molar refractivity (Wildman–Crippen MR) is 78.8 cm³/mol. The molecule has 1 N–H and O–H groups in total. The molecule has 1 aromatic carbocycles. The Morgan fingerprint density at radius 3 is 2.67 bits per heavy atom. The van der Waals surface area contributed by atoms with E-state index >= 15 is 0 Å². The van der Waals surface area contributed by atoms with E-state index < -0.39 is 0 Å². The lowest BCUT2D eigenvalue weighted by Crippen LogP contribution is -1.91. The molecule has 0 unspecified atom stereocenters. The largest absolute Gasteiger partial charge is 0.507 e. The minimum atomic E-state index is 0.154. The maximum atomic E-state index is 10.1. The summed E-state index contributed by atoms with van der Waals surface area (Å²) in [6.07, 6.45) is 1.77. The molecule has 0 amide bonds. The second kappa shape index (κ2) is 5.01. The fraction of sp³-hybridized carbons (Fsp3) is 0.188. The van der Waals surface area contributed by atoms with Crippen LogP contribution in [0, 0.1) is 20.8 Å². The highest BCUT2D eigenvalue weighted by Crippen LogP contribution is 2.31. The Kier molecular flexibility index (Phi) is 3.17. The zero-order valence-corrected chi connectivity index (χ0v) is 12.1. The van der Waals surface area contributed by atoms with Crippen LogP contribution in [-0.4, -0.2) is 20.2 Å². The second-order valence-electron chi connectivity index (χ2n) is 5.07. The second-order valence-corrected chi connectivity index (χ2v) is 5.07. The van der Waals surface area contributed by atoms with Crippen LogP contribution in [-0.2, 0) is 0 Å². The van der Waals surface area contributed by atoms with Crippen molar-refractivity contribution in [3.8, 4) is 28.7 Å². The van der Waals surface area contributed by atoms with Gasteiger partial charge in [0.1, 0.15) is 11.4 Å². The molecule has 2 heterocycles. The quantitative estimate of drug-likeness (QED) is 0.779. The first-order chi connectivity index (χ1) is 10.1. The van der Waals surface area contributed by atoms with E-state index in [1.54, 1.807) is 12.3 Å². The molecule has 0 aliphatic rings. The maximum absolute atomic E-state index is 10.1. The van der Waals surface area contributed by atoms with Gasteiger partial charge in [0, 0.05) is 6.20 Å². The SMILES string of the molecule is Cc1cnc(-c2noc(-c3cccc(C)c3O)n2)c(C)c1. The van der Waals surface area contributed by atoms with E-state index in [1.807, 2.05) is 39.0 Å². The Morgan fingerprint density at radius 2 is 1.90 bits per heavy atom. The van der Waals surface area contributed by atoms with Gasteiger partial charge in [0.25, 0.3) is 5.89 Å². The summed E-state index contributed by atoms with van der Waals surface area (Å²) in [5, 5.41) is 14.0. The number of nitrogens with zero attached hydrogens (tertiary/aromatic N) is 3. The Bertz CT molecular complexity index is 809. The average molecular weight is 281 g/mol. The van der Waals surface area contributed by atoms with E-state index in [9.17, 15) is 5.11 Å². The molecule has 0 aliphatic carbocycles. The summed E-state index contributed by atoms with van der Waals surface area (Å²) >= 11 is 0. The third-order valence-electron chi connectivity index (χ3n) is 3.32. The Hall–Kier alpha value is -2.69. The molecule has 0 saturated carbocycles. The van der Waals surface area contributed by atoms with Crippen molar-refractivity contribution in [1.29, 1.82) is 0 Å². The number of aromatic nitrogens is 3. The standard InChI is InChI=1S/C16H15N3O2/c1-9-7-11(3)13(17-8-9)15-18-16(21-19-15)12-6-4-5-10(2)14(12)20/h4-8,20H,1-3H3. The molecule has 0 bridgehead atoms. The van der Waals surface area contributed by atoms with Crippen molar-refractivity contribution in [2.45, 2.75) is 20.8 Å². The van der Waals surface area contributed by atoms with Gasteiger partial charge in [-0.25, -0.2) is 0 Å². The summed E-state index contributed by atoms with van der Waals surface area (Å²) in [4.78, 5) is 8.69. The minimum absolute atomic E-state index is 0.154. The summed E-state index contributed by atoms with van der Waals surface area (Å²) in [6.45, 7) is 5.76. The highest BCUT2D eigenvalue weighted by Gasteiger charge is 2.16. The molecule has 0 spiro atoms. The van der Waals surface area contributed by atoms with Crippen molar-refractivity contribution in [1.82, 2.24) is 15.1 Å². The lowest BCUT2D eigenvalue weighted by molar-refractivity contribution is 0.425. The number of hydrogen-bond acceptors (Lipinski definition) is 5. The topological polar surface area (TPSA) is 72.0 Å². The summed E-state index contributed by atoms with van der Waals surface area (Å²) in [6, 6.07) is 7.42. The Morgan fingerprint density at radius 1 is 1.10 bits per heavy atom. The van der Waals surface area contributed by atoms with Gasteiger partial charge in [-0.3, -0.25) is 4.98 Å². The van der Waals surface area contributed by atoms with Gasteiger partial charge in [-0.15, -0.1) is 0 Å². The van der Waals surface area contributed by atoms with E-state index in [-0.39, 0.29) is 11.6 Å². The van der Waals surface area contributed by atoms with Crippen molar-refractivity contribution >= 4 is 0 Å². The van der Waals surface area contributed by atoms with Gasteiger partial charge in [0.15, 0.2) is 0 Å².